The lowest BCUT2D eigenvalue weighted by Crippen LogP contribution is -2.31. The van der Waals surface area contributed by atoms with Crippen LogP contribution in [0.25, 0.3) is 0 Å². The fraction of sp³-hybridized carbons (Fsp3) is 1.00. The summed E-state index contributed by atoms with van der Waals surface area (Å²) in [6, 6.07) is 0. The topological polar surface area (TPSA) is 9.23 Å². The molecule has 2 unspecified atom stereocenters. The number of hydrogen-bond acceptors (Lipinski definition) is 2. The largest absolute Gasteiger partial charge is 0.375 e. The molecule has 0 spiro atoms. The molecule has 0 N–H and O–H groups in total. The Morgan fingerprint density at radius 2 is 1.77 bits per heavy atom. The molecule has 1 saturated heterocycles. The summed E-state index contributed by atoms with van der Waals surface area (Å²) in [6.45, 7) is 8.97. The molecule has 1 heterocycles. The van der Waals surface area contributed by atoms with E-state index in [1.54, 1.807) is 0 Å². The van der Waals surface area contributed by atoms with Crippen LogP contribution in [0.1, 0.15) is 40.5 Å². The van der Waals surface area contributed by atoms with E-state index in [0.29, 0.717) is 12.2 Å². The van der Waals surface area contributed by atoms with Crippen LogP contribution in [0.3, 0.4) is 0 Å². The van der Waals surface area contributed by atoms with Gasteiger partial charge >= 0.3 is 0 Å². The lowest BCUT2D eigenvalue weighted by molar-refractivity contribution is -0.0265. The van der Waals surface area contributed by atoms with Gasteiger partial charge in [-0.25, -0.2) is 0 Å². The summed E-state index contributed by atoms with van der Waals surface area (Å²) in [5.41, 5.74) is 0. The molecule has 2 atom stereocenters. The van der Waals surface area contributed by atoms with Crippen molar-refractivity contribution in [1.29, 1.82) is 0 Å². The Bertz CT molecular complexity index is 137. The first-order valence-corrected chi connectivity index (χ1v) is 6.40. The molecule has 0 aromatic rings. The second-order valence-corrected chi connectivity index (χ2v) is 5.91. The molecular formula is C11H22OS. The van der Waals surface area contributed by atoms with Crippen LogP contribution in [-0.2, 0) is 4.74 Å². The van der Waals surface area contributed by atoms with Crippen LogP contribution in [0.2, 0.25) is 0 Å². The van der Waals surface area contributed by atoms with Gasteiger partial charge in [0.25, 0.3) is 0 Å². The standard InChI is InChI=1S/C11H22OS/c1-8(2)7-13-11-5-9(3)12-10(4)6-11/h8-11H,5-7H2,1-4H3. The van der Waals surface area contributed by atoms with E-state index in [1.807, 2.05) is 0 Å². The van der Waals surface area contributed by atoms with Crippen LogP contribution < -0.4 is 0 Å². The Labute approximate surface area is 86.6 Å². The van der Waals surface area contributed by atoms with E-state index in [0.717, 1.165) is 11.2 Å². The molecule has 0 radical (unpaired) electrons. The number of rotatable bonds is 3. The van der Waals surface area contributed by atoms with Gasteiger partial charge < -0.3 is 4.74 Å². The fourth-order valence-electron chi connectivity index (χ4n) is 1.81. The highest BCUT2D eigenvalue weighted by Gasteiger charge is 2.24. The van der Waals surface area contributed by atoms with E-state index in [4.69, 9.17) is 4.74 Å². The molecule has 0 saturated carbocycles. The van der Waals surface area contributed by atoms with Gasteiger partial charge in [0.1, 0.15) is 0 Å². The van der Waals surface area contributed by atoms with Crippen LogP contribution in [0.4, 0.5) is 0 Å². The van der Waals surface area contributed by atoms with E-state index in [1.165, 1.54) is 18.6 Å². The van der Waals surface area contributed by atoms with Gasteiger partial charge in [-0.2, -0.15) is 11.8 Å². The van der Waals surface area contributed by atoms with E-state index in [9.17, 15) is 0 Å². The number of hydrogen-bond donors (Lipinski definition) is 0. The van der Waals surface area contributed by atoms with Crippen LogP contribution >= 0.6 is 11.8 Å². The van der Waals surface area contributed by atoms with Gasteiger partial charge in [-0.05, 0) is 38.4 Å². The quantitative estimate of drug-likeness (QED) is 0.694. The summed E-state index contributed by atoms with van der Waals surface area (Å²) in [6.07, 6.45) is 3.41. The first-order chi connectivity index (χ1) is 6.08. The molecule has 13 heavy (non-hydrogen) atoms. The number of ether oxygens (including phenoxy) is 1. The maximum absolute atomic E-state index is 5.71. The summed E-state index contributed by atoms with van der Waals surface area (Å²) in [5.74, 6) is 2.11. The highest BCUT2D eigenvalue weighted by atomic mass is 32.2. The molecule has 0 bridgehead atoms. The van der Waals surface area contributed by atoms with E-state index in [-0.39, 0.29) is 0 Å². The van der Waals surface area contributed by atoms with Crippen LogP contribution in [0, 0.1) is 5.92 Å². The first kappa shape index (κ1) is 11.4. The Hall–Kier alpha value is 0.310. The Morgan fingerprint density at radius 3 is 2.23 bits per heavy atom. The zero-order chi connectivity index (χ0) is 9.84. The van der Waals surface area contributed by atoms with E-state index < -0.39 is 0 Å². The summed E-state index contributed by atoms with van der Waals surface area (Å²) in [7, 11) is 0. The molecule has 0 aromatic carbocycles. The predicted molar refractivity (Wildman–Crippen MR) is 60.3 cm³/mol. The van der Waals surface area contributed by atoms with Crippen LogP contribution in [-0.4, -0.2) is 23.2 Å². The van der Waals surface area contributed by atoms with Crippen molar-refractivity contribution in [2.24, 2.45) is 5.92 Å². The minimum atomic E-state index is 0.466. The third-order valence-corrected chi connectivity index (χ3v) is 4.03. The van der Waals surface area contributed by atoms with Crippen LogP contribution in [0.15, 0.2) is 0 Å². The second-order valence-electron chi connectivity index (χ2n) is 4.58. The maximum atomic E-state index is 5.71. The highest BCUT2D eigenvalue weighted by Crippen LogP contribution is 2.29. The number of thioether (sulfide) groups is 1. The van der Waals surface area contributed by atoms with E-state index >= 15 is 0 Å². The van der Waals surface area contributed by atoms with Gasteiger partial charge in [0, 0.05) is 5.25 Å². The predicted octanol–water partition coefficient (Wildman–Crippen LogP) is 3.33. The minimum absolute atomic E-state index is 0.466. The SMILES string of the molecule is CC(C)CSC1CC(C)OC(C)C1. The highest BCUT2D eigenvalue weighted by molar-refractivity contribution is 7.99. The molecule has 78 valence electrons. The average Bonchev–Trinajstić information content (AvgIpc) is 1.99. The monoisotopic (exact) mass is 202 g/mol. The van der Waals surface area contributed by atoms with Crippen molar-refractivity contribution in [3.8, 4) is 0 Å². The molecule has 1 nitrogen and oxygen atoms in total. The molecular weight excluding hydrogens is 180 g/mol. The van der Waals surface area contributed by atoms with Gasteiger partial charge in [-0.1, -0.05) is 13.8 Å². The summed E-state index contributed by atoms with van der Waals surface area (Å²) >= 11 is 2.13. The molecule has 1 aliphatic rings. The van der Waals surface area contributed by atoms with Gasteiger partial charge in [-0.3, -0.25) is 0 Å². The first-order valence-electron chi connectivity index (χ1n) is 5.35. The lowest BCUT2D eigenvalue weighted by atomic mass is 10.1. The van der Waals surface area contributed by atoms with Gasteiger partial charge in [0.15, 0.2) is 0 Å². The summed E-state index contributed by atoms with van der Waals surface area (Å²) in [4.78, 5) is 0. The molecule has 1 fully saturated rings. The smallest absolute Gasteiger partial charge is 0.0561 e. The normalized spacial score (nSPS) is 35.3. The van der Waals surface area contributed by atoms with Gasteiger partial charge in [-0.15, -0.1) is 0 Å². The lowest BCUT2D eigenvalue weighted by Gasteiger charge is -2.32. The fourth-order valence-corrected chi connectivity index (χ4v) is 3.28. The molecule has 0 aliphatic carbocycles. The van der Waals surface area contributed by atoms with Crippen molar-refractivity contribution in [1.82, 2.24) is 0 Å². The minimum Gasteiger partial charge on any atom is -0.375 e. The third-order valence-electron chi connectivity index (χ3n) is 2.32. The van der Waals surface area contributed by atoms with E-state index in [2.05, 4.69) is 39.5 Å². The van der Waals surface area contributed by atoms with Gasteiger partial charge in [0.2, 0.25) is 0 Å². The van der Waals surface area contributed by atoms with Crippen molar-refractivity contribution >= 4 is 11.8 Å². The Balaban J connectivity index is 2.25. The van der Waals surface area contributed by atoms with Crippen molar-refractivity contribution in [2.45, 2.75) is 58.0 Å². The molecule has 1 aliphatic heterocycles. The van der Waals surface area contributed by atoms with Crippen molar-refractivity contribution < 1.29 is 4.74 Å². The third kappa shape index (κ3) is 4.37. The van der Waals surface area contributed by atoms with Crippen molar-refractivity contribution in [3.63, 3.8) is 0 Å². The molecule has 2 heteroatoms. The zero-order valence-electron chi connectivity index (χ0n) is 9.25. The molecule has 1 rings (SSSR count). The molecule has 0 aromatic heterocycles. The molecule has 0 amide bonds. The zero-order valence-corrected chi connectivity index (χ0v) is 10.1. The van der Waals surface area contributed by atoms with Gasteiger partial charge in [0.05, 0.1) is 12.2 Å². The van der Waals surface area contributed by atoms with Crippen LogP contribution in [0.5, 0.6) is 0 Å². The Morgan fingerprint density at radius 1 is 1.23 bits per heavy atom. The second kappa shape index (κ2) is 5.26. The van der Waals surface area contributed by atoms with Crippen molar-refractivity contribution in [3.05, 3.63) is 0 Å². The summed E-state index contributed by atoms with van der Waals surface area (Å²) < 4.78 is 5.71. The van der Waals surface area contributed by atoms with Crippen molar-refractivity contribution in [2.75, 3.05) is 5.75 Å². The Kier molecular flexibility index (Phi) is 4.60. The average molecular weight is 202 g/mol. The summed E-state index contributed by atoms with van der Waals surface area (Å²) in [5, 5.41) is 0.834. The maximum Gasteiger partial charge on any atom is 0.0561 e.